The number of benzene rings is 1. The molecule has 4 rings (SSSR count). The molecule has 0 spiro atoms. The van der Waals surface area contributed by atoms with Crippen molar-refractivity contribution in [1.82, 2.24) is 4.98 Å². The van der Waals surface area contributed by atoms with Gasteiger partial charge in [-0.05, 0) is 29.6 Å². The molecule has 0 saturated heterocycles. The maximum atomic E-state index is 6.18. The predicted molar refractivity (Wildman–Crippen MR) is 99.3 cm³/mol. The summed E-state index contributed by atoms with van der Waals surface area (Å²) in [6, 6.07) is 21.3. The van der Waals surface area contributed by atoms with Crippen molar-refractivity contribution in [2.24, 2.45) is 5.73 Å². The van der Waals surface area contributed by atoms with Gasteiger partial charge in [0.05, 0.1) is 16.8 Å². The molecule has 4 aromatic rings. The molecule has 0 saturated carbocycles. The summed E-state index contributed by atoms with van der Waals surface area (Å²) in [7, 11) is 0. The van der Waals surface area contributed by atoms with Gasteiger partial charge in [-0.25, -0.2) is 4.98 Å². The summed E-state index contributed by atoms with van der Waals surface area (Å²) in [6.07, 6.45) is 1.06. The van der Waals surface area contributed by atoms with Gasteiger partial charge in [-0.15, -0.1) is 11.3 Å². The highest BCUT2D eigenvalue weighted by molar-refractivity contribution is 7.13. The Labute approximate surface area is 149 Å². The molecule has 1 unspecified atom stereocenters. The molecule has 124 valence electrons. The number of pyridine rings is 1. The van der Waals surface area contributed by atoms with Crippen LogP contribution in [0.5, 0.6) is 5.88 Å². The van der Waals surface area contributed by atoms with Crippen LogP contribution in [0.3, 0.4) is 0 Å². The summed E-state index contributed by atoms with van der Waals surface area (Å²) >= 11 is 1.63. The van der Waals surface area contributed by atoms with E-state index in [1.54, 1.807) is 17.6 Å². The van der Waals surface area contributed by atoms with Gasteiger partial charge in [0.15, 0.2) is 6.23 Å². The Kier molecular flexibility index (Phi) is 4.33. The van der Waals surface area contributed by atoms with E-state index < -0.39 is 6.23 Å². The number of hydrogen-bond donors (Lipinski definition) is 1. The van der Waals surface area contributed by atoms with Crippen molar-refractivity contribution in [2.75, 3.05) is 0 Å². The fraction of sp³-hybridized carbons (Fsp3) is 0.0500. The van der Waals surface area contributed by atoms with Crippen molar-refractivity contribution in [2.45, 2.75) is 6.23 Å². The standard InChI is InChI=1S/C20H16N2O2S/c21-20(14-6-2-1-3-7-14)24-19-13-15(17-8-4-10-23-17)12-16(22-19)18-9-5-11-25-18/h1-13,20H,21H2. The van der Waals surface area contributed by atoms with Crippen LogP contribution in [0, 0.1) is 0 Å². The topological polar surface area (TPSA) is 61.3 Å². The fourth-order valence-corrected chi connectivity index (χ4v) is 3.23. The minimum Gasteiger partial charge on any atom is -0.464 e. The van der Waals surface area contributed by atoms with Gasteiger partial charge in [0, 0.05) is 17.2 Å². The number of nitrogens with zero attached hydrogens (tertiary/aromatic N) is 1. The molecule has 1 atom stereocenters. The van der Waals surface area contributed by atoms with E-state index in [1.807, 2.05) is 72.1 Å². The monoisotopic (exact) mass is 348 g/mol. The number of nitrogens with two attached hydrogens (primary N) is 1. The summed E-state index contributed by atoms with van der Waals surface area (Å²) in [6.45, 7) is 0. The molecule has 3 heterocycles. The zero-order valence-corrected chi connectivity index (χ0v) is 14.1. The van der Waals surface area contributed by atoms with Crippen LogP contribution in [0.4, 0.5) is 0 Å². The summed E-state index contributed by atoms with van der Waals surface area (Å²) < 4.78 is 11.4. The van der Waals surface area contributed by atoms with Gasteiger partial charge < -0.3 is 9.15 Å². The van der Waals surface area contributed by atoms with Gasteiger partial charge >= 0.3 is 0 Å². The van der Waals surface area contributed by atoms with Gasteiger partial charge in [0.25, 0.3) is 0 Å². The van der Waals surface area contributed by atoms with E-state index in [4.69, 9.17) is 14.9 Å². The smallest absolute Gasteiger partial charge is 0.216 e. The minimum absolute atomic E-state index is 0.466. The molecule has 5 heteroatoms. The molecule has 0 bridgehead atoms. The molecule has 2 N–H and O–H groups in total. The third-order valence-electron chi connectivity index (χ3n) is 3.76. The van der Waals surface area contributed by atoms with Gasteiger partial charge in [-0.2, -0.15) is 0 Å². The van der Waals surface area contributed by atoms with E-state index >= 15 is 0 Å². The first kappa shape index (κ1) is 15.6. The summed E-state index contributed by atoms with van der Waals surface area (Å²) in [5.41, 5.74) is 8.81. The molecular weight excluding hydrogens is 332 g/mol. The van der Waals surface area contributed by atoms with Crippen LogP contribution >= 0.6 is 11.3 Å². The van der Waals surface area contributed by atoms with Crippen molar-refractivity contribution in [3.8, 4) is 27.8 Å². The largest absolute Gasteiger partial charge is 0.464 e. The van der Waals surface area contributed by atoms with Gasteiger partial charge in [-0.3, -0.25) is 5.73 Å². The predicted octanol–water partition coefficient (Wildman–Crippen LogP) is 5.11. The number of aromatic nitrogens is 1. The Morgan fingerprint density at radius 1 is 1.00 bits per heavy atom. The SMILES string of the molecule is NC(Oc1cc(-c2ccco2)cc(-c2cccs2)n1)c1ccccc1. The lowest BCUT2D eigenvalue weighted by molar-refractivity contribution is 0.205. The quantitative estimate of drug-likeness (QED) is 0.509. The molecule has 1 aromatic carbocycles. The molecule has 0 aliphatic carbocycles. The first-order valence-electron chi connectivity index (χ1n) is 7.86. The highest BCUT2D eigenvalue weighted by Gasteiger charge is 2.13. The van der Waals surface area contributed by atoms with E-state index in [2.05, 4.69) is 4.98 Å². The third kappa shape index (κ3) is 3.47. The maximum Gasteiger partial charge on any atom is 0.216 e. The Morgan fingerprint density at radius 2 is 1.88 bits per heavy atom. The number of hydrogen-bond acceptors (Lipinski definition) is 5. The Balaban J connectivity index is 1.71. The molecule has 0 aliphatic rings. The lowest BCUT2D eigenvalue weighted by atomic mass is 10.1. The summed E-state index contributed by atoms with van der Waals surface area (Å²) in [5.74, 6) is 1.23. The van der Waals surface area contributed by atoms with Crippen molar-refractivity contribution in [3.05, 3.63) is 83.9 Å². The second kappa shape index (κ2) is 6.93. The lowest BCUT2D eigenvalue weighted by Crippen LogP contribution is -2.18. The first-order chi connectivity index (χ1) is 12.3. The molecule has 25 heavy (non-hydrogen) atoms. The summed E-state index contributed by atoms with van der Waals surface area (Å²) in [5, 5.41) is 2.02. The number of furan rings is 1. The first-order valence-corrected chi connectivity index (χ1v) is 8.74. The van der Waals surface area contributed by atoms with Gasteiger partial charge in [-0.1, -0.05) is 36.4 Å². The zero-order chi connectivity index (χ0) is 17.1. The van der Waals surface area contributed by atoms with Crippen molar-refractivity contribution in [3.63, 3.8) is 0 Å². The second-order valence-electron chi connectivity index (χ2n) is 5.48. The lowest BCUT2D eigenvalue weighted by Gasteiger charge is -2.15. The zero-order valence-electron chi connectivity index (χ0n) is 13.3. The molecule has 0 amide bonds. The fourth-order valence-electron chi connectivity index (χ4n) is 2.54. The van der Waals surface area contributed by atoms with Gasteiger partial charge in [0.1, 0.15) is 5.76 Å². The van der Waals surface area contributed by atoms with Crippen molar-refractivity contribution in [1.29, 1.82) is 0 Å². The van der Waals surface area contributed by atoms with E-state index in [1.165, 1.54) is 0 Å². The van der Waals surface area contributed by atoms with E-state index in [9.17, 15) is 0 Å². The summed E-state index contributed by atoms with van der Waals surface area (Å²) in [4.78, 5) is 5.68. The number of thiophene rings is 1. The minimum atomic E-state index is -0.586. The molecular formula is C20H16N2O2S. The normalized spacial score (nSPS) is 12.0. The number of rotatable bonds is 5. The Hall–Kier alpha value is -2.89. The van der Waals surface area contributed by atoms with Crippen LogP contribution in [-0.4, -0.2) is 4.98 Å². The third-order valence-corrected chi connectivity index (χ3v) is 4.65. The van der Waals surface area contributed by atoms with Crippen molar-refractivity contribution >= 4 is 11.3 Å². The van der Waals surface area contributed by atoms with Crippen LogP contribution < -0.4 is 10.5 Å². The Morgan fingerprint density at radius 3 is 2.60 bits per heavy atom. The van der Waals surface area contributed by atoms with Crippen LogP contribution in [0.25, 0.3) is 21.9 Å². The van der Waals surface area contributed by atoms with E-state index in [0.717, 1.165) is 27.5 Å². The molecule has 3 aromatic heterocycles. The molecule has 0 fully saturated rings. The van der Waals surface area contributed by atoms with Crippen LogP contribution in [0.15, 0.2) is 82.8 Å². The number of ether oxygens (including phenoxy) is 1. The van der Waals surface area contributed by atoms with Crippen LogP contribution in [-0.2, 0) is 0 Å². The van der Waals surface area contributed by atoms with E-state index in [0.29, 0.717) is 5.88 Å². The maximum absolute atomic E-state index is 6.18. The van der Waals surface area contributed by atoms with Gasteiger partial charge in [0.2, 0.25) is 5.88 Å². The molecule has 0 aliphatic heterocycles. The highest BCUT2D eigenvalue weighted by atomic mass is 32.1. The van der Waals surface area contributed by atoms with Crippen LogP contribution in [0.1, 0.15) is 11.8 Å². The molecule has 4 nitrogen and oxygen atoms in total. The van der Waals surface area contributed by atoms with Crippen molar-refractivity contribution < 1.29 is 9.15 Å². The average molecular weight is 348 g/mol. The van der Waals surface area contributed by atoms with Crippen LogP contribution in [0.2, 0.25) is 0 Å². The Bertz CT molecular complexity index is 883. The van der Waals surface area contributed by atoms with E-state index in [-0.39, 0.29) is 0 Å². The average Bonchev–Trinajstić information content (AvgIpc) is 3.36. The second-order valence-corrected chi connectivity index (χ2v) is 6.43. The molecule has 0 radical (unpaired) electrons. The highest BCUT2D eigenvalue weighted by Crippen LogP contribution is 2.32.